The summed E-state index contributed by atoms with van der Waals surface area (Å²) in [5.41, 5.74) is 5.83. The summed E-state index contributed by atoms with van der Waals surface area (Å²) >= 11 is 0. The van der Waals surface area contributed by atoms with Gasteiger partial charge in [0, 0.05) is 55.9 Å². The van der Waals surface area contributed by atoms with Crippen LogP contribution in [0.2, 0.25) is 0 Å². The van der Waals surface area contributed by atoms with Gasteiger partial charge in [0.25, 0.3) is 0 Å². The van der Waals surface area contributed by atoms with Crippen LogP contribution in [0.4, 0.5) is 11.5 Å². The van der Waals surface area contributed by atoms with E-state index in [1.54, 1.807) is 6.21 Å². The van der Waals surface area contributed by atoms with Gasteiger partial charge < -0.3 is 19.1 Å². The predicted octanol–water partition coefficient (Wildman–Crippen LogP) is 1.95. The van der Waals surface area contributed by atoms with Crippen LogP contribution >= 0.6 is 0 Å². The molecule has 0 aliphatic carbocycles. The van der Waals surface area contributed by atoms with Gasteiger partial charge in [-0.2, -0.15) is 15.2 Å². The lowest BCUT2D eigenvalue weighted by Gasteiger charge is -2.29. The minimum atomic E-state index is 0.571. The Morgan fingerprint density at radius 3 is 2.70 bits per heavy atom. The van der Waals surface area contributed by atoms with Crippen molar-refractivity contribution in [3.63, 3.8) is 0 Å². The number of nitrogens with one attached hydrogen (secondary N) is 2. The summed E-state index contributed by atoms with van der Waals surface area (Å²) in [4.78, 5) is 9.23. The standard InChI is InChI=1S/C23H29N7O3/c1-2-4-20-19(3-1)21(27-26-20)17-24-28-22-15-18(30-8-12-32-13-9-30)16-23(25-22)33-14-7-29-5-10-31-11-6-29/h1-4,15-17H,5-14H2,(H,25,28)(H,26,27)/b24-17+. The van der Waals surface area contributed by atoms with E-state index < -0.39 is 0 Å². The minimum absolute atomic E-state index is 0.571. The van der Waals surface area contributed by atoms with Crippen LogP contribution in [0, 0.1) is 0 Å². The van der Waals surface area contributed by atoms with Crippen LogP contribution in [0.1, 0.15) is 5.69 Å². The second kappa shape index (κ2) is 10.6. The highest BCUT2D eigenvalue weighted by molar-refractivity contribution is 5.96. The van der Waals surface area contributed by atoms with E-state index in [1.165, 1.54) is 0 Å². The number of ether oxygens (including phenoxy) is 3. The normalized spacial score (nSPS) is 17.6. The Hall–Kier alpha value is -3.21. The molecule has 0 radical (unpaired) electrons. The van der Waals surface area contributed by atoms with Gasteiger partial charge in [-0.1, -0.05) is 18.2 Å². The van der Waals surface area contributed by atoms with Gasteiger partial charge in [-0.05, 0) is 6.07 Å². The summed E-state index contributed by atoms with van der Waals surface area (Å²) < 4.78 is 16.9. The average Bonchev–Trinajstić information content (AvgIpc) is 3.28. The largest absolute Gasteiger partial charge is 0.476 e. The van der Waals surface area contributed by atoms with Gasteiger partial charge in [0.15, 0.2) is 5.82 Å². The maximum Gasteiger partial charge on any atom is 0.217 e. The highest BCUT2D eigenvalue weighted by atomic mass is 16.5. The molecular formula is C23H29N7O3. The zero-order chi connectivity index (χ0) is 22.3. The second-order valence-electron chi connectivity index (χ2n) is 7.98. The molecule has 10 nitrogen and oxygen atoms in total. The zero-order valence-electron chi connectivity index (χ0n) is 18.6. The summed E-state index contributed by atoms with van der Waals surface area (Å²) in [5.74, 6) is 1.20. The smallest absolute Gasteiger partial charge is 0.217 e. The fourth-order valence-electron chi connectivity index (χ4n) is 3.97. The van der Waals surface area contributed by atoms with Gasteiger partial charge in [-0.3, -0.25) is 15.4 Å². The lowest BCUT2D eigenvalue weighted by Crippen LogP contribution is -2.38. The van der Waals surface area contributed by atoms with Gasteiger partial charge in [0.05, 0.1) is 38.2 Å². The molecule has 0 bridgehead atoms. The number of rotatable bonds is 8. The van der Waals surface area contributed by atoms with Crippen molar-refractivity contribution in [3.8, 4) is 5.88 Å². The molecule has 0 spiro atoms. The third-order valence-electron chi connectivity index (χ3n) is 5.79. The van der Waals surface area contributed by atoms with Crippen molar-refractivity contribution in [2.45, 2.75) is 0 Å². The Kier molecular flexibility index (Phi) is 6.95. The molecule has 2 saturated heterocycles. The SMILES string of the molecule is C(=N\Nc1cc(N2CCOCC2)cc(OCCN2CCOCC2)n1)/c1n[nH]c2ccccc12. The van der Waals surface area contributed by atoms with Crippen molar-refractivity contribution < 1.29 is 14.2 Å². The molecule has 10 heteroatoms. The van der Waals surface area contributed by atoms with E-state index in [0.29, 0.717) is 31.5 Å². The van der Waals surface area contributed by atoms with Crippen LogP contribution in [-0.4, -0.2) is 92.1 Å². The summed E-state index contributed by atoms with van der Waals surface area (Å²) in [5, 5.41) is 12.7. The first-order valence-electron chi connectivity index (χ1n) is 11.3. The van der Waals surface area contributed by atoms with Crippen molar-refractivity contribution in [1.29, 1.82) is 0 Å². The maximum absolute atomic E-state index is 6.03. The number of hydrogen-bond donors (Lipinski definition) is 2. The first-order chi connectivity index (χ1) is 16.3. The topological polar surface area (TPSA) is 100 Å². The van der Waals surface area contributed by atoms with Crippen molar-refractivity contribution in [2.75, 3.05) is 76.1 Å². The molecule has 1 aromatic carbocycles. The molecule has 2 aliphatic rings. The molecule has 4 heterocycles. The van der Waals surface area contributed by atoms with E-state index >= 15 is 0 Å². The fourth-order valence-corrected chi connectivity index (χ4v) is 3.97. The number of H-pyrrole nitrogens is 1. The predicted molar refractivity (Wildman–Crippen MR) is 127 cm³/mol. The van der Waals surface area contributed by atoms with Crippen molar-refractivity contribution in [3.05, 3.63) is 42.1 Å². The molecule has 0 atom stereocenters. The van der Waals surface area contributed by atoms with Crippen molar-refractivity contribution in [2.24, 2.45) is 5.10 Å². The number of hydrazone groups is 1. The Bertz CT molecular complexity index is 1070. The number of aromatic amines is 1. The average molecular weight is 452 g/mol. The van der Waals surface area contributed by atoms with Crippen LogP contribution in [0.15, 0.2) is 41.5 Å². The number of benzene rings is 1. The van der Waals surface area contributed by atoms with Gasteiger partial charge in [0.2, 0.25) is 5.88 Å². The van der Waals surface area contributed by atoms with Crippen LogP contribution in [0.25, 0.3) is 10.9 Å². The first-order valence-corrected chi connectivity index (χ1v) is 11.3. The van der Waals surface area contributed by atoms with Gasteiger partial charge in [-0.15, -0.1) is 0 Å². The number of aromatic nitrogens is 3. The number of anilines is 2. The molecule has 0 amide bonds. The van der Waals surface area contributed by atoms with Gasteiger partial charge >= 0.3 is 0 Å². The highest BCUT2D eigenvalue weighted by Crippen LogP contribution is 2.25. The van der Waals surface area contributed by atoms with Crippen LogP contribution in [0.5, 0.6) is 5.88 Å². The molecule has 2 aromatic heterocycles. The lowest BCUT2D eigenvalue weighted by atomic mass is 10.2. The Morgan fingerprint density at radius 2 is 1.85 bits per heavy atom. The van der Waals surface area contributed by atoms with E-state index in [9.17, 15) is 0 Å². The van der Waals surface area contributed by atoms with E-state index in [1.807, 2.05) is 36.4 Å². The summed E-state index contributed by atoms with van der Waals surface area (Å²) in [7, 11) is 0. The molecule has 0 unspecified atom stereocenters. The summed E-state index contributed by atoms with van der Waals surface area (Å²) in [6, 6.07) is 11.9. The van der Waals surface area contributed by atoms with E-state index in [0.717, 1.165) is 68.2 Å². The molecule has 174 valence electrons. The quantitative estimate of drug-likeness (QED) is 0.396. The highest BCUT2D eigenvalue weighted by Gasteiger charge is 2.15. The molecule has 33 heavy (non-hydrogen) atoms. The summed E-state index contributed by atoms with van der Waals surface area (Å²) in [6.45, 7) is 7.94. The minimum Gasteiger partial charge on any atom is -0.476 e. The molecular weight excluding hydrogens is 422 g/mol. The summed E-state index contributed by atoms with van der Waals surface area (Å²) in [6.07, 6.45) is 1.70. The number of pyridine rings is 1. The third kappa shape index (κ3) is 5.59. The number of hydrogen-bond acceptors (Lipinski definition) is 9. The molecule has 2 fully saturated rings. The Balaban J connectivity index is 1.28. The molecule has 2 aliphatic heterocycles. The third-order valence-corrected chi connectivity index (χ3v) is 5.79. The van der Waals surface area contributed by atoms with Gasteiger partial charge in [-0.25, -0.2) is 0 Å². The number of nitrogens with zero attached hydrogens (tertiary/aromatic N) is 5. The van der Waals surface area contributed by atoms with Gasteiger partial charge in [0.1, 0.15) is 12.3 Å². The maximum atomic E-state index is 6.03. The molecule has 3 aromatic rings. The second-order valence-corrected chi connectivity index (χ2v) is 7.98. The molecule has 0 saturated carbocycles. The lowest BCUT2D eigenvalue weighted by molar-refractivity contribution is 0.0320. The molecule has 5 rings (SSSR count). The first kappa shape index (κ1) is 21.6. The van der Waals surface area contributed by atoms with Crippen LogP contribution in [-0.2, 0) is 9.47 Å². The van der Waals surface area contributed by atoms with Crippen LogP contribution < -0.4 is 15.1 Å². The van der Waals surface area contributed by atoms with E-state index in [4.69, 9.17) is 14.2 Å². The van der Waals surface area contributed by atoms with E-state index in [2.05, 4.69) is 35.5 Å². The van der Waals surface area contributed by atoms with Crippen molar-refractivity contribution in [1.82, 2.24) is 20.1 Å². The van der Waals surface area contributed by atoms with E-state index in [-0.39, 0.29) is 0 Å². The molecule has 2 N–H and O–H groups in total. The Morgan fingerprint density at radius 1 is 1.06 bits per heavy atom. The number of fused-ring (bicyclic) bond motifs is 1. The monoisotopic (exact) mass is 451 g/mol. The number of morpholine rings is 2. The van der Waals surface area contributed by atoms with Crippen LogP contribution in [0.3, 0.4) is 0 Å². The Labute approximate surface area is 192 Å². The fraction of sp³-hybridized carbons (Fsp3) is 0.435. The zero-order valence-corrected chi connectivity index (χ0v) is 18.6. The van der Waals surface area contributed by atoms with Crippen molar-refractivity contribution >= 4 is 28.6 Å². The number of para-hydroxylation sites is 1.